The van der Waals surface area contributed by atoms with Crippen LogP contribution in [-0.2, 0) is 0 Å². The zero-order valence-corrected chi connectivity index (χ0v) is 16.1. The minimum atomic E-state index is -0.341. The molecule has 1 N–H and O–H groups in total. The van der Waals surface area contributed by atoms with Gasteiger partial charge in [-0.25, -0.2) is 0 Å². The predicted molar refractivity (Wildman–Crippen MR) is 101 cm³/mol. The molecule has 0 spiro atoms. The monoisotopic (exact) mass is 422 g/mol. The minimum Gasteiger partial charge on any atom is -0.493 e. The van der Waals surface area contributed by atoms with Crippen molar-refractivity contribution in [1.82, 2.24) is 0 Å². The summed E-state index contributed by atoms with van der Waals surface area (Å²) in [6, 6.07) is 9.95. The standard InChI is InChI=1S/C18H16BrClN2O3/c1-3-6-25-17-14(19)8-11(9-16(17)24-2)18(23)22-13-4-5-15(20)12(7-13)10-21/h4-5,7-9H,3,6H2,1-2H3,(H,22,23). The lowest BCUT2D eigenvalue weighted by Gasteiger charge is -2.14. The normalized spacial score (nSPS) is 10.0. The van der Waals surface area contributed by atoms with Crippen LogP contribution < -0.4 is 14.8 Å². The molecule has 0 aliphatic heterocycles. The molecule has 25 heavy (non-hydrogen) atoms. The molecule has 5 nitrogen and oxygen atoms in total. The average Bonchev–Trinajstić information content (AvgIpc) is 2.61. The first-order valence-corrected chi connectivity index (χ1v) is 8.68. The van der Waals surface area contributed by atoms with Crippen LogP contribution in [0.5, 0.6) is 11.5 Å². The summed E-state index contributed by atoms with van der Waals surface area (Å²) in [5, 5.41) is 12.1. The molecule has 1 amide bonds. The Morgan fingerprint density at radius 1 is 1.36 bits per heavy atom. The van der Waals surface area contributed by atoms with Crippen LogP contribution in [0.15, 0.2) is 34.8 Å². The Balaban J connectivity index is 2.27. The molecule has 130 valence electrons. The Kier molecular flexibility index (Phi) is 6.68. The number of carbonyl (C=O) groups excluding carboxylic acids is 1. The number of rotatable bonds is 6. The number of halogens is 2. The number of anilines is 1. The maximum absolute atomic E-state index is 12.5. The van der Waals surface area contributed by atoms with Gasteiger partial charge in [-0.15, -0.1) is 0 Å². The first-order chi connectivity index (χ1) is 12.0. The largest absolute Gasteiger partial charge is 0.493 e. The Morgan fingerprint density at radius 3 is 2.76 bits per heavy atom. The van der Waals surface area contributed by atoms with E-state index in [9.17, 15) is 4.79 Å². The number of ether oxygens (including phenoxy) is 2. The van der Waals surface area contributed by atoms with Crippen molar-refractivity contribution in [3.63, 3.8) is 0 Å². The summed E-state index contributed by atoms with van der Waals surface area (Å²) in [5.74, 6) is 0.674. The fourth-order valence-corrected chi connectivity index (χ4v) is 2.80. The number of hydrogen-bond acceptors (Lipinski definition) is 4. The molecule has 2 aromatic carbocycles. The molecule has 0 bridgehead atoms. The van der Waals surface area contributed by atoms with Crippen LogP contribution >= 0.6 is 27.5 Å². The molecule has 0 aliphatic carbocycles. The van der Waals surface area contributed by atoms with Gasteiger partial charge in [0.25, 0.3) is 5.91 Å². The highest BCUT2D eigenvalue weighted by Crippen LogP contribution is 2.37. The summed E-state index contributed by atoms with van der Waals surface area (Å²) in [5.41, 5.74) is 1.16. The third kappa shape index (κ3) is 4.65. The van der Waals surface area contributed by atoms with Crippen molar-refractivity contribution in [2.75, 3.05) is 19.0 Å². The van der Waals surface area contributed by atoms with Gasteiger partial charge in [-0.2, -0.15) is 5.26 Å². The average molecular weight is 424 g/mol. The molecule has 0 aliphatic rings. The number of nitriles is 1. The van der Waals surface area contributed by atoms with E-state index >= 15 is 0 Å². The maximum Gasteiger partial charge on any atom is 0.255 e. The van der Waals surface area contributed by atoms with Gasteiger partial charge in [0, 0.05) is 11.3 Å². The van der Waals surface area contributed by atoms with E-state index in [1.165, 1.54) is 13.2 Å². The summed E-state index contributed by atoms with van der Waals surface area (Å²) < 4.78 is 11.6. The third-order valence-electron chi connectivity index (χ3n) is 3.29. The number of hydrogen-bond donors (Lipinski definition) is 1. The summed E-state index contributed by atoms with van der Waals surface area (Å²) in [6.07, 6.45) is 0.857. The van der Waals surface area contributed by atoms with Gasteiger partial charge in [0.2, 0.25) is 0 Å². The number of nitrogens with zero attached hydrogens (tertiary/aromatic N) is 1. The van der Waals surface area contributed by atoms with Gasteiger partial charge in [-0.1, -0.05) is 18.5 Å². The van der Waals surface area contributed by atoms with Crippen molar-refractivity contribution >= 4 is 39.1 Å². The van der Waals surface area contributed by atoms with Gasteiger partial charge in [-0.3, -0.25) is 4.79 Å². The smallest absolute Gasteiger partial charge is 0.255 e. The predicted octanol–water partition coefficient (Wildman–Crippen LogP) is 5.02. The van der Waals surface area contributed by atoms with Crippen LogP contribution in [0.25, 0.3) is 0 Å². The van der Waals surface area contributed by atoms with E-state index in [2.05, 4.69) is 21.2 Å². The lowest BCUT2D eigenvalue weighted by atomic mass is 10.1. The van der Waals surface area contributed by atoms with Gasteiger partial charge in [0.15, 0.2) is 11.5 Å². The van der Waals surface area contributed by atoms with Crippen molar-refractivity contribution in [2.45, 2.75) is 13.3 Å². The number of nitrogens with one attached hydrogen (secondary N) is 1. The van der Waals surface area contributed by atoms with E-state index in [-0.39, 0.29) is 5.91 Å². The molecule has 0 atom stereocenters. The molecule has 0 saturated carbocycles. The van der Waals surface area contributed by atoms with Crippen molar-refractivity contribution in [3.8, 4) is 17.6 Å². The van der Waals surface area contributed by atoms with Crippen molar-refractivity contribution in [2.24, 2.45) is 0 Å². The SMILES string of the molecule is CCCOc1c(Br)cc(C(=O)Nc2ccc(Cl)c(C#N)c2)cc1OC. The van der Waals surface area contributed by atoms with Crippen LogP contribution in [0, 0.1) is 11.3 Å². The van der Waals surface area contributed by atoms with Crippen LogP contribution in [0.2, 0.25) is 5.02 Å². The van der Waals surface area contributed by atoms with E-state index in [4.69, 9.17) is 26.3 Å². The lowest BCUT2D eigenvalue weighted by molar-refractivity contribution is 0.102. The molecule has 7 heteroatoms. The summed E-state index contributed by atoms with van der Waals surface area (Å²) >= 11 is 9.31. The molecule has 2 aromatic rings. The Hall–Kier alpha value is -2.23. The molecular formula is C18H16BrClN2O3. The zero-order chi connectivity index (χ0) is 18.4. The molecule has 0 unspecified atom stereocenters. The highest BCUT2D eigenvalue weighted by molar-refractivity contribution is 9.10. The summed E-state index contributed by atoms with van der Waals surface area (Å²) in [7, 11) is 1.51. The molecule has 0 heterocycles. The van der Waals surface area contributed by atoms with Crippen LogP contribution in [0.3, 0.4) is 0 Å². The molecular weight excluding hydrogens is 408 g/mol. The van der Waals surface area contributed by atoms with E-state index < -0.39 is 0 Å². The topological polar surface area (TPSA) is 71.3 Å². The number of benzene rings is 2. The second kappa shape index (κ2) is 8.75. The Bertz CT molecular complexity index is 834. The third-order valence-corrected chi connectivity index (χ3v) is 4.21. The van der Waals surface area contributed by atoms with Gasteiger partial charge < -0.3 is 14.8 Å². The number of carbonyl (C=O) groups is 1. The Morgan fingerprint density at radius 2 is 2.12 bits per heavy atom. The fraction of sp³-hybridized carbons (Fsp3) is 0.222. The second-order valence-electron chi connectivity index (χ2n) is 5.10. The lowest BCUT2D eigenvalue weighted by Crippen LogP contribution is -2.12. The maximum atomic E-state index is 12.5. The van der Waals surface area contributed by atoms with Crippen LogP contribution in [0.1, 0.15) is 29.3 Å². The highest BCUT2D eigenvalue weighted by Gasteiger charge is 2.16. The molecule has 0 saturated heterocycles. The van der Waals surface area contributed by atoms with Gasteiger partial charge in [0.05, 0.1) is 28.8 Å². The van der Waals surface area contributed by atoms with Crippen LogP contribution in [-0.4, -0.2) is 19.6 Å². The molecule has 2 rings (SSSR count). The second-order valence-corrected chi connectivity index (χ2v) is 6.36. The molecule has 0 aromatic heterocycles. The Labute approximate surface area is 159 Å². The molecule has 0 fully saturated rings. The highest BCUT2D eigenvalue weighted by atomic mass is 79.9. The number of amides is 1. The minimum absolute atomic E-state index is 0.293. The van der Waals surface area contributed by atoms with Crippen molar-refractivity contribution in [3.05, 3.63) is 51.0 Å². The van der Waals surface area contributed by atoms with E-state index in [1.54, 1.807) is 24.3 Å². The van der Waals surface area contributed by atoms with Crippen LogP contribution in [0.4, 0.5) is 5.69 Å². The molecule has 0 radical (unpaired) electrons. The van der Waals surface area contributed by atoms with Gasteiger partial charge in [-0.05, 0) is 52.7 Å². The fourth-order valence-electron chi connectivity index (χ4n) is 2.09. The summed E-state index contributed by atoms with van der Waals surface area (Å²) in [6.45, 7) is 2.55. The van der Waals surface area contributed by atoms with E-state index in [0.717, 1.165) is 6.42 Å². The van der Waals surface area contributed by atoms with Crippen molar-refractivity contribution < 1.29 is 14.3 Å². The van der Waals surface area contributed by atoms with E-state index in [1.807, 2.05) is 13.0 Å². The van der Waals surface area contributed by atoms with Crippen molar-refractivity contribution in [1.29, 1.82) is 5.26 Å². The van der Waals surface area contributed by atoms with Gasteiger partial charge in [0.1, 0.15) is 6.07 Å². The first-order valence-electron chi connectivity index (χ1n) is 7.51. The first kappa shape index (κ1) is 19.1. The zero-order valence-electron chi connectivity index (χ0n) is 13.7. The van der Waals surface area contributed by atoms with E-state index in [0.29, 0.717) is 44.4 Å². The quantitative estimate of drug-likeness (QED) is 0.708. The summed E-state index contributed by atoms with van der Waals surface area (Å²) in [4.78, 5) is 12.5. The van der Waals surface area contributed by atoms with Gasteiger partial charge >= 0.3 is 0 Å². The number of methoxy groups -OCH3 is 1.